The molecule has 0 aliphatic carbocycles. The van der Waals surface area contributed by atoms with E-state index >= 15 is 0 Å². The number of aryl methyl sites for hydroxylation is 1. The van der Waals surface area contributed by atoms with Gasteiger partial charge in [-0.3, -0.25) is 0 Å². The summed E-state index contributed by atoms with van der Waals surface area (Å²) in [6.45, 7) is 3.56. The Morgan fingerprint density at radius 1 is 1.10 bits per heavy atom. The predicted molar refractivity (Wildman–Crippen MR) is 86.2 cm³/mol. The number of nitrogens with zero attached hydrogens (tertiary/aromatic N) is 1. The molecule has 0 atom stereocenters. The van der Waals surface area contributed by atoms with E-state index in [1.807, 2.05) is 17.4 Å². The average molecular weight is 298 g/mol. The van der Waals surface area contributed by atoms with Gasteiger partial charge in [-0.25, -0.2) is 4.98 Å². The molecule has 1 N–H and O–H groups in total. The van der Waals surface area contributed by atoms with Crippen LogP contribution in [0, 0.1) is 0 Å². The Kier molecular flexibility index (Phi) is 4.48. The molecule has 2 aromatic heterocycles. The Labute approximate surface area is 128 Å². The largest absolute Gasteiger partial charge is 0.444 e. The maximum atomic E-state index is 5.58. The first-order valence-corrected chi connectivity index (χ1v) is 7.95. The van der Waals surface area contributed by atoms with E-state index in [9.17, 15) is 0 Å². The lowest BCUT2D eigenvalue weighted by molar-refractivity contribution is 0.439. The fourth-order valence-electron chi connectivity index (χ4n) is 2.12. The van der Waals surface area contributed by atoms with Crippen molar-refractivity contribution >= 4 is 11.3 Å². The zero-order chi connectivity index (χ0) is 14.5. The van der Waals surface area contributed by atoms with E-state index in [-0.39, 0.29) is 0 Å². The van der Waals surface area contributed by atoms with Gasteiger partial charge >= 0.3 is 0 Å². The second-order valence-corrected chi connectivity index (χ2v) is 5.98. The number of benzene rings is 1. The highest BCUT2D eigenvalue weighted by Gasteiger charge is 2.04. The first-order valence-electron chi connectivity index (χ1n) is 7.13. The lowest BCUT2D eigenvalue weighted by Crippen LogP contribution is -2.11. The lowest BCUT2D eigenvalue weighted by Gasteiger charge is -1.99. The van der Waals surface area contributed by atoms with Gasteiger partial charge in [0.05, 0.1) is 12.7 Å². The maximum Gasteiger partial charge on any atom is 0.208 e. The standard InChI is InChI=1S/C17H18N2OS/c1-2-14-10-19-17(20-14)12-18-11-15-8-9-16(21-15)13-6-4-3-5-7-13/h3-10,18H,2,11-12H2,1H3. The van der Waals surface area contributed by atoms with Crippen LogP contribution in [-0.2, 0) is 19.5 Å². The summed E-state index contributed by atoms with van der Waals surface area (Å²) < 4.78 is 5.58. The lowest BCUT2D eigenvalue weighted by atomic mass is 10.2. The van der Waals surface area contributed by atoms with E-state index in [4.69, 9.17) is 4.42 Å². The Balaban J connectivity index is 1.55. The summed E-state index contributed by atoms with van der Waals surface area (Å²) in [5, 5.41) is 3.37. The summed E-state index contributed by atoms with van der Waals surface area (Å²) in [7, 11) is 0. The monoisotopic (exact) mass is 298 g/mol. The molecule has 1 aromatic carbocycles. The van der Waals surface area contributed by atoms with Gasteiger partial charge < -0.3 is 9.73 Å². The molecule has 4 heteroatoms. The average Bonchev–Trinajstić information content (AvgIpc) is 3.17. The molecule has 0 radical (unpaired) electrons. The molecule has 0 aliphatic heterocycles. The van der Waals surface area contributed by atoms with Gasteiger partial charge in [0.15, 0.2) is 0 Å². The van der Waals surface area contributed by atoms with Crippen LogP contribution < -0.4 is 5.32 Å². The summed E-state index contributed by atoms with van der Waals surface area (Å²) in [5.74, 6) is 1.70. The van der Waals surface area contributed by atoms with Crippen LogP contribution in [0.5, 0.6) is 0 Å². The number of hydrogen-bond donors (Lipinski definition) is 1. The molecule has 3 rings (SSSR count). The molecule has 0 saturated heterocycles. The molecular weight excluding hydrogens is 280 g/mol. The van der Waals surface area contributed by atoms with Crippen molar-refractivity contribution in [1.29, 1.82) is 0 Å². The molecule has 0 fully saturated rings. The normalized spacial score (nSPS) is 10.9. The highest BCUT2D eigenvalue weighted by Crippen LogP contribution is 2.27. The minimum atomic E-state index is 0.665. The van der Waals surface area contributed by atoms with E-state index in [2.05, 4.69) is 53.6 Å². The summed E-state index contributed by atoms with van der Waals surface area (Å²) in [5.41, 5.74) is 1.27. The van der Waals surface area contributed by atoms with Crippen molar-refractivity contribution in [3.63, 3.8) is 0 Å². The predicted octanol–water partition coefficient (Wildman–Crippen LogP) is 4.26. The quantitative estimate of drug-likeness (QED) is 0.739. The fourth-order valence-corrected chi connectivity index (χ4v) is 3.10. The van der Waals surface area contributed by atoms with Crippen molar-refractivity contribution in [2.75, 3.05) is 0 Å². The van der Waals surface area contributed by atoms with Gasteiger partial charge in [0, 0.05) is 22.7 Å². The fraction of sp³-hybridized carbons (Fsp3) is 0.235. The molecule has 108 valence electrons. The molecule has 21 heavy (non-hydrogen) atoms. The molecule has 0 spiro atoms. The Hall–Kier alpha value is -1.91. The molecule has 3 nitrogen and oxygen atoms in total. The number of aromatic nitrogens is 1. The Morgan fingerprint density at radius 3 is 2.71 bits per heavy atom. The van der Waals surface area contributed by atoms with E-state index < -0.39 is 0 Å². The number of nitrogens with one attached hydrogen (secondary N) is 1. The second kappa shape index (κ2) is 6.70. The molecule has 0 unspecified atom stereocenters. The van der Waals surface area contributed by atoms with Crippen LogP contribution in [0.4, 0.5) is 0 Å². The van der Waals surface area contributed by atoms with Crippen LogP contribution in [0.3, 0.4) is 0 Å². The first kappa shape index (κ1) is 14.0. The van der Waals surface area contributed by atoms with Crippen LogP contribution in [-0.4, -0.2) is 4.98 Å². The number of oxazole rings is 1. The van der Waals surface area contributed by atoms with Gasteiger partial charge in [-0.15, -0.1) is 11.3 Å². The molecular formula is C17H18N2OS. The van der Waals surface area contributed by atoms with Crippen LogP contribution in [0.15, 0.2) is 53.1 Å². The van der Waals surface area contributed by atoms with Gasteiger partial charge in [-0.05, 0) is 17.7 Å². The second-order valence-electron chi connectivity index (χ2n) is 4.81. The topological polar surface area (TPSA) is 38.1 Å². The van der Waals surface area contributed by atoms with E-state index in [0.29, 0.717) is 6.54 Å². The molecule has 0 aliphatic rings. The van der Waals surface area contributed by atoms with E-state index in [1.54, 1.807) is 6.20 Å². The molecule has 0 bridgehead atoms. The third kappa shape index (κ3) is 3.60. The summed E-state index contributed by atoms with van der Waals surface area (Å²) in [4.78, 5) is 6.86. The van der Waals surface area contributed by atoms with Crippen molar-refractivity contribution in [3.05, 3.63) is 65.2 Å². The van der Waals surface area contributed by atoms with Gasteiger partial charge in [0.2, 0.25) is 5.89 Å². The zero-order valence-electron chi connectivity index (χ0n) is 12.0. The Bertz CT molecular complexity index is 688. The van der Waals surface area contributed by atoms with E-state index in [0.717, 1.165) is 24.6 Å². The Morgan fingerprint density at radius 2 is 1.95 bits per heavy atom. The van der Waals surface area contributed by atoms with Gasteiger partial charge in [0.1, 0.15) is 5.76 Å². The van der Waals surface area contributed by atoms with Gasteiger partial charge in [-0.2, -0.15) is 0 Å². The van der Waals surface area contributed by atoms with Crippen LogP contribution in [0.25, 0.3) is 10.4 Å². The molecule has 3 aromatic rings. The van der Waals surface area contributed by atoms with Crippen molar-refractivity contribution in [3.8, 4) is 10.4 Å². The summed E-state index contributed by atoms with van der Waals surface area (Å²) in [6, 6.07) is 14.8. The highest BCUT2D eigenvalue weighted by molar-refractivity contribution is 7.15. The smallest absolute Gasteiger partial charge is 0.208 e. The molecule has 0 amide bonds. The van der Waals surface area contributed by atoms with E-state index in [1.165, 1.54) is 15.3 Å². The highest BCUT2D eigenvalue weighted by atomic mass is 32.1. The summed E-state index contributed by atoms with van der Waals surface area (Å²) >= 11 is 1.82. The van der Waals surface area contributed by atoms with Crippen molar-refractivity contribution in [1.82, 2.24) is 10.3 Å². The first-order chi connectivity index (χ1) is 10.3. The SMILES string of the molecule is CCc1cnc(CNCc2ccc(-c3ccccc3)s2)o1. The van der Waals surface area contributed by atoms with Crippen molar-refractivity contribution < 1.29 is 4.42 Å². The van der Waals surface area contributed by atoms with Crippen molar-refractivity contribution in [2.45, 2.75) is 26.4 Å². The molecule has 2 heterocycles. The number of thiophene rings is 1. The maximum absolute atomic E-state index is 5.58. The summed E-state index contributed by atoms with van der Waals surface area (Å²) in [6.07, 6.45) is 2.69. The van der Waals surface area contributed by atoms with Crippen molar-refractivity contribution in [2.24, 2.45) is 0 Å². The minimum absolute atomic E-state index is 0.665. The van der Waals surface area contributed by atoms with Gasteiger partial charge in [-0.1, -0.05) is 37.3 Å². The molecule has 0 saturated carbocycles. The van der Waals surface area contributed by atoms with Gasteiger partial charge in [0.25, 0.3) is 0 Å². The zero-order valence-corrected chi connectivity index (χ0v) is 12.8. The number of hydrogen-bond acceptors (Lipinski definition) is 4. The van der Waals surface area contributed by atoms with Crippen LogP contribution in [0.2, 0.25) is 0 Å². The van der Waals surface area contributed by atoms with Crippen LogP contribution in [0.1, 0.15) is 23.5 Å². The minimum Gasteiger partial charge on any atom is -0.444 e. The third-order valence-corrected chi connectivity index (χ3v) is 4.38. The van der Waals surface area contributed by atoms with Crippen LogP contribution >= 0.6 is 11.3 Å². The third-order valence-electron chi connectivity index (χ3n) is 3.25. The number of rotatable bonds is 6.